The lowest BCUT2D eigenvalue weighted by atomic mass is 10.1. The van der Waals surface area contributed by atoms with E-state index in [9.17, 15) is 0 Å². The SMILES string of the molecule is CCOC1CCN(CCSc2ccccc2)CC1. The number of ether oxygens (including phenoxy) is 1. The van der Waals surface area contributed by atoms with Crippen molar-refractivity contribution in [2.24, 2.45) is 0 Å². The van der Waals surface area contributed by atoms with Crippen molar-refractivity contribution in [2.45, 2.75) is 30.8 Å². The van der Waals surface area contributed by atoms with Gasteiger partial charge < -0.3 is 9.64 Å². The van der Waals surface area contributed by atoms with Crippen LogP contribution in [0.3, 0.4) is 0 Å². The summed E-state index contributed by atoms with van der Waals surface area (Å²) in [6.07, 6.45) is 2.90. The van der Waals surface area contributed by atoms with E-state index in [-0.39, 0.29) is 0 Å². The number of likely N-dealkylation sites (tertiary alicyclic amines) is 1. The molecule has 2 nitrogen and oxygen atoms in total. The van der Waals surface area contributed by atoms with E-state index >= 15 is 0 Å². The number of rotatable bonds is 6. The highest BCUT2D eigenvalue weighted by atomic mass is 32.2. The van der Waals surface area contributed by atoms with Crippen molar-refractivity contribution in [1.29, 1.82) is 0 Å². The van der Waals surface area contributed by atoms with Gasteiger partial charge in [-0.1, -0.05) is 18.2 Å². The minimum Gasteiger partial charge on any atom is -0.378 e. The van der Waals surface area contributed by atoms with Crippen LogP contribution in [0.1, 0.15) is 19.8 Å². The molecule has 1 saturated heterocycles. The predicted molar refractivity (Wildman–Crippen MR) is 78.3 cm³/mol. The molecule has 1 heterocycles. The quantitative estimate of drug-likeness (QED) is 0.732. The Morgan fingerprint density at radius 3 is 2.61 bits per heavy atom. The predicted octanol–water partition coefficient (Wildman–Crippen LogP) is 3.28. The average molecular weight is 265 g/mol. The van der Waals surface area contributed by atoms with E-state index in [4.69, 9.17) is 4.74 Å². The molecule has 0 saturated carbocycles. The van der Waals surface area contributed by atoms with Gasteiger partial charge in [-0.3, -0.25) is 0 Å². The second-order valence-electron chi connectivity index (χ2n) is 4.66. The number of hydrogen-bond donors (Lipinski definition) is 0. The molecule has 1 aromatic carbocycles. The molecule has 0 aliphatic carbocycles. The molecule has 2 rings (SSSR count). The average Bonchev–Trinajstić information content (AvgIpc) is 2.42. The summed E-state index contributed by atoms with van der Waals surface area (Å²) in [7, 11) is 0. The molecular weight excluding hydrogens is 242 g/mol. The Morgan fingerprint density at radius 2 is 1.94 bits per heavy atom. The van der Waals surface area contributed by atoms with Gasteiger partial charge in [0.2, 0.25) is 0 Å². The summed E-state index contributed by atoms with van der Waals surface area (Å²) in [5.74, 6) is 1.18. The third kappa shape index (κ3) is 4.63. The van der Waals surface area contributed by atoms with Gasteiger partial charge in [0.15, 0.2) is 0 Å². The molecule has 100 valence electrons. The molecule has 0 unspecified atom stereocenters. The van der Waals surface area contributed by atoms with Gasteiger partial charge in [0.25, 0.3) is 0 Å². The van der Waals surface area contributed by atoms with Crippen LogP contribution in [-0.2, 0) is 4.74 Å². The van der Waals surface area contributed by atoms with Crippen molar-refractivity contribution in [3.8, 4) is 0 Å². The molecule has 0 N–H and O–H groups in total. The van der Waals surface area contributed by atoms with Crippen LogP contribution in [0.5, 0.6) is 0 Å². The van der Waals surface area contributed by atoms with Crippen LogP contribution in [0.2, 0.25) is 0 Å². The van der Waals surface area contributed by atoms with Crippen LogP contribution in [0.25, 0.3) is 0 Å². The van der Waals surface area contributed by atoms with Crippen molar-refractivity contribution < 1.29 is 4.74 Å². The lowest BCUT2D eigenvalue weighted by Gasteiger charge is -2.31. The normalized spacial score (nSPS) is 18.1. The van der Waals surface area contributed by atoms with Gasteiger partial charge in [-0.15, -0.1) is 11.8 Å². The Kier molecular flexibility index (Phi) is 6.05. The molecule has 0 aromatic heterocycles. The van der Waals surface area contributed by atoms with Crippen LogP contribution in [0, 0.1) is 0 Å². The molecular formula is C15H23NOS. The zero-order valence-electron chi connectivity index (χ0n) is 11.2. The second kappa shape index (κ2) is 7.82. The maximum absolute atomic E-state index is 5.67. The number of nitrogens with zero attached hydrogens (tertiary/aromatic N) is 1. The monoisotopic (exact) mass is 265 g/mol. The largest absolute Gasteiger partial charge is 0.378 e. The van der Waals surface area contributed by atoms with Gasteiger partial charge in [-0.25, -0.2) is 0 Å². The zero-order valence-corrected chi connectivity index (χ0v) is 12.0. The van der Waals surface area contributed by atoms with E-state index in [2.05, 4.69) is 42.2 Å². The lowest BCUT2D eigenvalue weighted by Crippen LogP contribution is -2.38. The van der Waals surface area contributed by atoms with Crippen molar-refractivity contribution in [3.05, 3.63) is 30.3 Å². The Balaban J connectivity index is 1.61. The van der Waals surface area contributed by atoms with E-state index in [1.807, 2.05) is 11.8 Å². The highest BCUT2D eigenvalue weighted by Crippen LogP contribution is 2.18. The molecule has 1 fully saturated rings. The summed E-state index contributed by atoms with van der Waals surface area (Å²) in [4.78, 5) is 3.94. The fourth-order valence-corrected chi connectivity index (χ4v) is 3.28. The van der Waals surface area contributed by atoms with Crippen LogP contribution in [0.15, 0.2) is 35.2 Å². The van der Waals surface area contributed by atoms with E-state index in [1.54, 1.807) is 0 Å². The van der Waals surface area contributed by atoms with Gasteiger partial charge in [0.05, 0.1) is 6.10 Å². The van der Waals surface area contributed by atoms with Crippen molar-refractivity contribution in [1.82, 2.24) is 4.90 Å². The van der Waals surface area contributed by atoms with Crippen LogP contribution < -0.4 is 0 Å². The standard InChI is InChI=1S/C15H23NOS/c1-2-17-14-8-10-16(11-9-14)12-13-18-15-6-4-3-5-7-15/h3-7,14H,2,8-13H2,1H3. The maximum Gasteiger partial charge on any atom is 0.0599 e. The first-order chi connectivity index (χ1) is 8.88. The smallest absolute Gasteiger partial charge is 0.0599 e. The number of benzene rings is 1. The highest BCUT2D eigenvalue weighted by Gasteiger charge is 2.18. The van der Waals surface area contributed by atoms with Crippen LogP contribution in [0.4, 0.5) is 0 Å². The first kappa shape index (κ1) is 13.9. The molecule has 0 amide bonds. The molecule has 1 aliphatic heterocycles. The fraction of sp³-hybridized carbons (Fsp3) is 0.600. The summed E-state index contributed by atoms with van der Waals surface area (Å²) in [6.45, 7) is 6.52. The zero-order chi connectivity index (χ0) is 12.6. The minimum absolute atomic E-state index is 0.507. The van der Waals surface area contributed by atoms with Crippen molar-refractivity contribution >= 4 is 11.8 Å². The second-order valence-corrected chi connectivity index (χ2v) is 5.83. The summed E-state index contributed by atoms with van der Waals surface area (Å²) in [5.41, 5.74) is 0. The Bertz CT molecular complexity index is 323. The molecule has 0 radical (unpaired) electrons. The van der Waals surface area contributed by atoms with Gasteiger partial charge in [-0.05, 0) is 31.9 Å². The number of piperidine rings is 1. The molecule has 1 aliphatic rings. The van der Waals surface area contributed by atoms with Crippen LogP contribution >= 0.6 is 11.8 Å². The molecule has 0 spiro atoms. The van der Waals surface area contributed by atoms with E-state index in [0.717, 1.165) is 6.61 Å². The molecule has 0 bridgehead atoms. The minimum atomic E-state index is 0.507. The summed E-state index contributed by atoms with van der Waals surface area (Å²) in [6, 6.07) is 10.7. The summed E-state index contributed by atoms with van der Waals surface area (Å²) in [5, 5.41) is 0. The van der Waals surface area contributed by atoms with Gasteiger partial charge >= 0.3 is 0 Å². The lowest BCUT2D eigenvalue weighted by molar-refractivity contribution is 0.0157. The van der Waals surface area contributed by atoms with Gasteiger partial charge in [-0.2, -0.15) is 0 Å². The van der Waals surface area contributed by atoms with Gasteiger partial charge in [0.1, 0.15) is 0 Å². The number of thioether (sulfide) groups is 1. The van der Waals surface area contributed by atoms with Crippen molar-refractivity contribution in [3.63, 3.8) is 0 Å². The van der Waals surface area contributed by atoms with Crippen molar-refractivity contribution in [2.75, 3.05) is 32.0 Å². The van der Waals surface area contributed by atoms with E-state index in [1.165, 1.54) is 43.1 Å². The molecule has 1 aromatic rings. The van der Waals surface area contributed by atoms with Crippen LogP contribution in [-0.4, -0.2) is 43.0 Å². The third-order valence-corrected chi connectivity index (χ3v) is 4.35. The molecule has 3 heteroatoms. The topological polar surface area (TPSA) is 12.5 Å². The first-order valence-corrected chi connectivity index (χ1v) is 7.89. The highest BCUT2D eigenvalue weighted by molar-refractivity contribution is 7.99. The molecule has 18 heavy (non-hydrogen) atoms. The summed E-state index contributed by atoms with van der Waals surface area (Å²) < 4.78 is 5.67. The van der Waals surface area contributed by atoms with E-state index in [0.29, 0.717) is 6.10 Å². The third-order valence-electron chi connectivity index (χ3n) is 3.36. The van der Waals surface area contributed by atoms with E-state index < -0.39 is 0 Å². The Hall–Kier alpha value is -0.510. The molecule has 0 atom stereocenters. The number of hydrogen-bond acceptors (Lipinski definition) is 3. The first-order valence-electron chi connectivity index (χ1n) is 6.90. The fourth-order valence-electron chi connectivity index (χ4n) is 2.34. The Labute approximate surface area is 115 Å². The summed E-state index contributed by atoms with van der Waals surface area (Å²) >= 11 is 1.95. The van der Waals surface area contributed by atoms with Gasteiger partial charge in [0, 0.05) is 36.9 Å². The Morgan fingerprint density at radius 1 is 1.22 bits per heavy atom. The maximum atomic E-state index is 5.67.